The van der Waals surface area contributed by atoms with Crippen molar-refractivity contribution in [2.45, 2.75) is 32.2 Å². The molecule has 9 nitrogen and oxygen atoms in total. The van der Waals surface area contributed by atoms with Crippen LogP contribution in [-0.4, -0.2) is 44.0 Å². The average Bonchev–Trinajstić information content (AvgIpc) is 2.81. The Labute approximate surface area is 184 Å². The predicted molar refractivity (Wildman–Crippen MR) is 121 cm³/mol. The van der Waals surface area contributed by atoms with E-state index in [0.717, 1.165) is 29.4 Å². The maximum Gasteiger partial charge on any atom is 0.335 e. The number of aromatic nitrogens is 3. The van der Waals surface area contributed by atoms with Gasteiger partial charge in [-0.1, -0.05) is 6.07 Å². The number of nitrogens with one attached hydrogen (secondary N) is 1. The molecule has 0 saturated carbocycles. The summed E-state index contributed by atoms with van der Waals surface area (Å²) in [6.45, 7) is 3.10. The van der Waals surface area contributed by atoms with Crippen molar-refractivity contribution in [1.29, 1.82) is 0 Å². The van der Waals surface area contributed by atoms with E-state index in [4.69, 9.17) is 4.74 Å². The van der Waals surface area contributed by atoms with Gasteiger partial charge in [0.1, 0.15) is 11.3 Å². The molecule has 1 aliphatic rings. The smallest absolute Gasteiger partial charge is 0.335 e. The molecular formula is C23H25N5O4. The molecule has 1 unspecified atom stereocenters. The van der Waals surface area contributed by atoms with E-state index in [0.29, 0.717) is 24.6 Å². The SMILES string of the molecule is CCOc1ccc(-n2c(O)c(C=NN3CCCCC3c3cccnc3)c(=O)[nH]c2=O)cc1. The molecule has 0 amide bonds. The Kier molecular flexibility index (Phi) is 6.34. The number of pyridine rings is 1. The fraction of sp³-hybridized carbons (Fsp3) is 0.304. The lowest BCUT2D eigenvalue weighted by atomic mass is 9.98. The molecule has 2 N–H and O–H groups in total. The molecule has 1 aliphatic heterocycles. The van der Waals surface area contributed by atoms with Crippen LogP contribution in [0.15, 0.2) is 63.5 Å². The molecular weight excluding hydrogens is 410 g/mol. The van der Waals surface area contributed by atoms with Crippen LogP contribution in [0.1, 0.15) is 43.4 Å². The molecule has 2 aromatic heterocycles. The van der Waals surface area contributed by atoms with Crippen LogP contribution in [-0.2, 0) is 0 Å². The van der Waals surface area contributed by atoms with Gasteiger partial charge in [0.15, 0.2) is 0 Å². The molecule has 32 heavy (non-hydrogen) atoms. The summed E-state index contributed by atoms with van der Waals surface area (Å²) < 4.78 is 6.45. The molecule has 3 heterocycles. The third-order valence-electron chi connectivity index (χ3n) is 5.41. The van der Waals surface area contributed by atoms with Gasteiger partial charge >= 0.3 is 5.69 Å². The first kappa shape index (κ1) is 21.4. The largest absolute Gasteiger partial charge is 0.494 e. The first-order chi connectivity index (χ1) is 15.6. The summed E-state index contributed by atoms with van der Waals surface area (Å²) in [5.41, 5.74) is -0.0858. The van der Waals surface area contributed by atoms with Gasteiger partial charge in [0, 0.05) is 18.9 Å². The van der Waals surface area contributed by atoms with Crippen LogP contribution in [0.2, 0.25) is 0 Å². The van der Waals surface area contributed by atoms with Gasteiger partial charge < -0.3 is 9.84 Å². The van der Waals surface area contributed by atoms with Gasteiger partial charge in [0.2, 0.25) is 5.88 Å². The Morgan fingerprint density at radius 3 is 2.78 bits per heavy atom. The van der Waals surface area contributed by atoms with Crippen LogP contribution < -0.4 is 16.0 Å². The maximum atomic E-state index is 12.4. The molecule has 0 radical (unpaired) electrons. The fourth-order valence-electron chi connectivity index (χ4n) is 3.85. The van der Waals surface area contributed by atoms with E-state index in [9.17, 15) is 14.7 Å². The van der Waals surface area contributed by atoms with Crippen LogP contribution in [0.25, 0.3) is 5.69 Å². The Hall–Kier alpha value is -3.88. The van der Waals surface area contributed by atoms with Crippen molar-refractivity contribution in [1.82, 2.24) is 19.5 Å². The lowest BCUT2D eigenvalue weighted by molar-refractivity contribution is 0.156. The molecule has 4 rings (SSSR count). The Morgan fingerprint density at radius 2 is 2.06 bits per heavy atom. The molecule has 0 spiro atoms. The number of aromatic hydroxyl groups is 1. The zero-order valence-electron chi connectivity index (χ0n) is 17.8. The van der Waals surface area contributed by atoms with Crippen molar-refractivity contribution >= 4 is 6.21 Å². The van der Waals surface area contributed by atoms with E-state index in [1.54, 1.807) is 30.5 Å². The number of hydrazone groups is 1. The van der Waals surface area contributed by atoms with Crippen LogP contribution in [0.3, 0.4) is 0 Å². The highest BCUT2D eigenvalue weighted by molar-refractivity contribution is 5.82. The predicted octanol–water partition coefficient (Wildman–Crippen LogP) is 2.59. The summed E-state index contributed by atoms with van der Waals surface area (Å²) in [4.78, 5) is 31.3. The summed E-state index contributed by atoms with van der Waals surface area (Å²) in [6.07, 6.45) is 7.81. The van der Waals surface area contributed by atoms with Crippen molar-refractivity contribution in [2.75, 3.05) is 13.2 Å². The number of aromatic amines is 1. The van der Waals surface area contributed by atoms with Crippen molar-refractivity contribution in [3.8, 4) is 17.3 Å². The second-order valence-electron chi connectivity index (χ2n) is 7.46. The highest BCUT2D eigenvalue weighted by Gasteiger charge is 2.23. The summed E-state index contributed by atoms with van der Waals surface area (Å²) in [5.74, 6) is 0.170. The monoisotopic (exact) mass is 435 g/mol. The number of hydrogen-bond acceptors (Lipinski definition) is 7. The summed E-state index contributed by atoms with van der Waals surface area (Å²) in [5, 5.41) is 17.2. The Bertz CT molecular complexity index is 1200. The van der Waals surface area contributed by atoms with E-state index < -0.39 is 17.1 Å². The van der Waals surface area contributed by atoms with Crippen molar-refractivity contribution < 1.29 is 9.84 Å². The number of ether oxygens (including phenoxy) is 1. The number of rotatable bonds is 6. The molecule has 0 aliphatic carbocycles. The molecule has 1 fully saturated rings. The number of H-pyrrole nitrogens is 1. The van der Waals surface area contributed by atoms with Crippen LogP contribution in [0.4, 0.5) is 0 Å². The minimum atomic E-state index is -0.736. The molecule has 1 atom stereocenters. The highest BCUT2D eigenvalue weighted by atomic mass is 16.5. The maximum absolute atomic E-state index is 12.4. The number of piperidine rings is 1. The summed E-state index contributed by atoms with van der Waals surface area (Å²) >= 11 is 0. The van der Waals surface area contributed by atoms with E-state index >= 15 is 0 Å². The molecule has 1 saturated heterocycles. The van der Waals surface area contributed by atoms with Crippen LogP contribution in [0.5, 0.6) is 11.6 Å². The number of benzene rings is 1. The summed E-state index contributed by atoms with van der Waals surface area (Å²) in [7, 11) is 0. The fourth-order valence-corrected chi connectivity index (χ4v) is 3.85. The van der Waals surface area contributed by atoms with Gasteiger partial charge in [-0.2, -0.15) is 5.10 Å². The van der Waals surface area contributed by atoms with E-state index in [1.165, 1.54) is 6.21 Å². The normalized spacial score (nSPS) is 16.4. The molecule has 3 aromatic rings. The third-order valence-corrected chi connectivity index (χ3v) is 5.41. The van der Waals surface area contributed by atoms with Gasteiger partial charge in [-0.3, -0.25) is 19.8 Å². The molecule has 166 valence electrons. The Balaban J connectivity index is 1.68. The molecule has 9 heteroatoms. The van der Waals surface area contributed by atoms with Crippen LogP contribution >= 0.6 is 0 Å². The van der Waals surface area contributed by atoms with Gasteiger partial charge in [-0.15, -0.1) is 0 Å². The molecule has 0 bridgehead atoms. The van der Waals surface area contributed by atoms with Crippen molar-refractivity contribution in [3.05, 3.63) is 80.8 Å². The van der Waals surface area contributed by atoms with Gasteiger partial charge in [0.25, 0.3) is 5.56 Å². The first-order valence-electron chi connectivity index (χ1n) is 10.6. The van der Waals surface area contributed by atoms with E-state index in [2.05, 4.69) is 15.1 Å². The lowest BCUT2D eigenvalue weighted by Crippen LogP contribution is -2.32. The minimum absolute atomic E-state index is 0.0342. The van der Waals surface area contributed by atoms with E-state index in [1.807, 2.05) is 30.3 Å². The van der Waals surface area contributed by atoms with Gasteiger partial charge in [-0.25, -0.2) is 9.36 Å². The zero-order chi connectivity index (χ0) is 22.5. The summed E-state index contributed by atoms with van der Waals surface area (Å²) in [6, 6.07) is 10.6. The first-order valence-corrected chi connectivity index (χ1v) is 10.6. The number of hydrogen-bond donors (Lipinski definition) is 2. The molecule has 1 aromatic carbocycles. The average molecular weight is 435 g/mol. The Morgan fingerprint density at radius 1 is 1.25 bits per heavy atom. The standard InChI is InChI=1S/C23H25N5O4/c1-2-32-18-10-8-17(9-11-18)28-22(30)19(21(29)26-23(28)31)15-25-27-13-4-3-7-20(27)16-6-5-12-24-14-16/h5-6,8-12,14-15,20,30H,2-4,7,13H2,1H3,(H,26,29,31). The van der Waals surface area contributed by atoms with Crippen molar-refractivity contribution in [3.63, 3.8) is 0 Å². The lowest BCUT2D eigenvalue weighted by Gasteiger charge is -2.33. The number of nitrogens with zero attached hydrogens (tertiary/aromatic N) is 4. The minimum Gasteiger partial charge on any atom is -0.494 e. The highest BCUT2D eigenvalue weighted by Crippen LogP contribution is 2.30. The second-order valence-corrected chi connectivity index (χ2v) is 7.46. The third kappa shape index (κ3) is 4.41. The van der Waals surface area contributed by atoms with Crippen LogP contribution in [0, 0.1) is 0 Å². The van der Waals surface area contributed by atoms with E-state index in [-0.39, 0.29) is 11.6 Å². The van der Waals surface area contributed by atoms with Crippen molar-refractivity contribution in [2.24, 2.45) is 5.10 Å². The van der Waals surface area contributed by atoms with Gasteiger partial charge in [0.05, 0.1) is 24.6 Å². The topological polar surface area (TPSA) is 113 Å². The van der Waals surface area contributed by atoms with Gasteiger partial charge in [-0.05, 0) is 62.1 Å². The quantitative estimate of drug-likeness (QED) is 0.576. The zero-order valence-corrected chi connectivity index (χ0v) is 17.8. The second kappa shape index (κ2) is 9.51.